The van der Waals surface area contributed by atoms with Crippen molar-refractivity contribution in [2.75, 3.05) is 7.11 Å². The highest BCUT2D eigenvalue weighted by Crippen LogP contribution is 2.17. The normalized spacial score (nSPS) is 11.3. The van der Waals surface area contributed by atoms with Crippen molar-refractivity contribution in [1.29, 1.82) is 0 Å². The van der Waals surface area contributed by atoms with Crippen LogP contribution in [0.5, 0.6) is 5.75 Å². The van der Waals surface area contributed by atoms with Gasteiger partial charge in [-0.3, -0.25) is 0 Å². The Morgan fingerprint density at radius 2 is 1.95 bits per heavy atom. The molecule has 2 rings (SSSR count). The fourth-order valence-corrected chi connectivity index (χ4v) is 2.05. The third-order valence-electron chi connectivity index (χ3n) is 2.76. The molecule has 2 aromatic rings. The van der Waals surface area contributed by atoms with Gasteiger partial charge in [0.1, 0.15) is 18.2 Å². The van der Waals surface area contributed by atoms with Crippen LogP contribution in [0.3, 0.4) is 0 Å². The highest BCUT2D eigenvalue weighted by molar-refractivity contribution is 9.10. The Bertz CT molecular complexity index is 645. The number of amidine groups is 1. The van der Waals surface area contributed by atoms with Crippen LogP contribution in [-0.4, -0.2) is 12.9 Å². The molecule has 0 heterocycles. The molecule has 0 unspecified atom stereocenters. The third kappa shape index (κ3) is 4.19. The standard InChI is InChI=1S/C15H14BrFN2O2/c1-20-12-5-3-11(4-6-12)15(18)19-21-9-10-2-7-14(17)13(16)8-10/h2-8H,9H2,1H3,(H2,18,19). The van der Waals surface area contributed by atoms with Crippen LogP contribution >= 0.6 is 15.9 Å². The lowest BCUT2D eigenvalue weighted by Gasteiger charge is -2.04. The molecule has 0 saturated carbocycles. The van der Waals surface area contributed by atoms with E-state index in [-0.39, 0.29) is 18.3 Å². The van der Waals surface area contributed by atoms with Gasteiger partial charge in [0.25, 0.3) is 0 Å². The summed E-state index contributed by atoms with van der Waals surface area (Å²) in [6.45, 7) is 0.204. The molecule has 0 aromatic heterocycles. The lowest BCUT2D eigenvalue weighted by Crippen LogP contribution is -2.13. The third-order valence-corrected chi connectivity index (χ3v) is 3.37. The first-order valence-electron chi connectivity index (χ1n) is 6.14. The van der Waals surface area contributed by atoms with Crippen LogP contribution in [0, 0.1) is 5.82 Å². The maximum absolute atomic E-state index is 13.1. The molecule has 0 atom stereocenters. The topological polar surface area (TPSA) is 56.8 Å². The summed E-state index contributed by atoms with van der Waals surface area (Å²) in [6.07, 6.45) is 0. The summed E-state index contributed by atoms with van der Waals surface area (Å²) in [5.41, 5.74) is 7.34. The van der Waals surface area contributed by atoms with E-state index >= 15 is 0 Å². The summed E-state index contributed by atoms with van der Waals surface area (Å²) in [7, 11) is 1.59. The number of hydrogen-bond donors (Lipinski definition) is 1. The van der Waals surface area contributed by atoms with Crippen molar-refractivity contribution in [2.45, 2.75) is 6.61 Å². The van der Waals surface area contributed by atoms with Gasteiger partial charge in [-0.15, -0.1) is 0 Å². The minimum absolute atomic E-state index is 0.204. The zero-order valence-electron chi connectivity index (χ0n) is 11.3. The Morgan fingerprint density at radius 1 is 1.24 bits per heavy atom. The first kappa shape index (κ1) is 15.3. The predicted molar refractivity (Wildman–Crippen MR) is 82.6 cm³/mol. The molecular formula is C15H14BrFN2O2. The molecule has 0 aliphatic rings. The Hall–Kier alpha value is -2.08. The molecule has 6 heteroatoms. The molecule has 21 heavy (non-hydrogen) atoms. The Balaban J connectivity index is 1.97. The molecule has 0 fully saturated rings. The molecule has 0 aliphatic carbocycles. The molecule has 0 aliphatic heterocycles. The summed E-state index contributed by atoms with van der Waals surface area (Å²) < 4.78 is 18.5. The van der Waals surface area contributed by atoms with Gasteiger partial charge in [0.05, 0.1) is 11.6 Å². The van der Waals surface area contributed by atoms with Crippen LogP contribution in [0.25, 0.3) is 0 Å². The van der Waals surface area contributed by atoms with Gasteiger partial charge >= 0.3 is 0 Å². The SMILES string of the molecule is COc1ccc(/C(N)=N/OCc2ccc(F)c(Br)c2)cc1. The maximum Gasteiger partial charge on any atom is 0.170 e. The van der Waals surface area contributed by atoms with Gasteiger partial charge < -0.3 is 15.3 Å². The maximum atomic E-state index is 13.1. The van der Waals surface area contributed by atoms with Crippen molar-refractivity contribution in [3.05, 3.63) is 63.9 Å². The minimum Gasteiger partial charge on any atom is -0.497 e. The number of nitrogens with zero attached hydrogens (tertiary/aromatic N) is 1. The van der Waals surface area contributed by atoms with E-state index in [1.54, 1.807) is 43.5 Å². The van der Waals surface area contributed by atoms with Gasteiger partial charge in [-0.1, -0.05) is 11.2 Å². The second-order valence-corrected chi connectivity index (χ2v) is 5.08. The van der Waals surface area contributed by atoms with E-state index in [4.69, 9.17) is 15.3 Å². The molecule has 2 N–H and O–H groups in total. The molecule has 0 spiro atoms. The van der Waals surface area contributed by atoms with Crippen LogP contribution in [0.1, 0.15) is 11.1 Å². The summed E-state index contributed by atoms with van der Waals surface area (Å²) in [5.74, 6) is 0.683. The quantitative estimate of drug-likeness (QED) is 0.509. The lowest BCUT2D eigenvalue weighted by molar-refractivity contribution is 0.130. The van der Waals surface area contributed by atoms with Gasteiger partial charge in [0.15, 0.2) is 5.84 Å². The van der Waals surface area contributed by atoms with Crippen molar-refractivity contribution in [1.82, 2.24) is 0 Å². The largest absolute Gasteiger partial charge is 0.497 e. The van der Waals surface area contributed by atoms with E-state index in [1.807, 2.05) is 0 Å². The van der Waals surface area contributed by atoms with E-state index in [1.165, 1.54) is 6.07 Å². The number of oxime groups is 1. The molecule has 0 radical (unpaired) electrons. The lowest BCUT2D eigenvalue weighted by atomic mass is 10.2. The molecule has 4 nitrogen and oxygen atoms in total. The van der Waals surface area contributed by atoms with Crippen LogP contribution in [-0.2, 0) is 11.4 Å². The molecule has 2 aromatic carbocycles. The van der Waals surface area contributed by atoms with E-state index in [2.05, 4.69) is 21.1 Å². The van der Waals surface area contributed by atoms with Crippen molar-refractivity contribution >= 4 is 21.8 Å². The number of methoxy groups -OCH3 is 1. The van der Waals surface area contributed by atoms with Crippen molar-refractivity contribution in [2.24, 2.45) is 10.9 Å². The number of halogens is 2. The highest BCUT2D eigenvalue weighted by atomic mass is 79.9. The van der Waals surface area contributed by atoms with Crippen molar-refractivity contribution in [3.63, 3.8) is 0 Å². The van der Waals surface area contributed by atoms with E-state index in [0.29, 0.717) is 4.47 Å². The summed E-state index contributed by atoms with van der Waals surface area (Å²) in [4.78, 5) is 5.18. The fraction of sp³-hybridized carbons (Fsp3) is 0.133. The van der Waals surface area contributed by atoms with Crippen molar-refractivity contribution in [3.8, 4) is 5.75 Å². The zero-order chi connectivity index (χ0) is 15.2. The Kier molecular flexibility index (Phi) is 5.16. The van der Waals surface area contributed by atoms with Gasteiger partial charge in [0, 0.05) is 5.56 Å². The Morgan fingerprint density at radius 3 is 2.57 bits per heavy atom. The molecule has 0 bridgehead atoms. The summed E-state index contributed by atoms with van der Waals surface area (Å²) in [6, 6.07) is 11.8. The molecular weight excluding hydrogens is 339 g/mol. The second-order valence-electron chi connectivity index (χ2n) is 4.23. The predicted octanol–water partition coefficient (Wildman–Crippen LogP) is 3.43. The number of nitrogens with two attached hydrogens (primary N) is 1. The summed E-state index contributed by atoms with van der Waals surface area (Å²) >= 11 is 3.11. The average molecular weight is 353 g/mol. The molecule has 0 saturated heterocycles. The van der Waals surface area contributed by atoms with E-state index in [0.717, 1.165) is 16.9 Å². The van der Waals surface area contributed by atoms with E-state index in [9.17, 15) is 4.39 Å². The molecule has 110 valence electrons. The number of ether oxygens (including phenoxy) is 1. The van der Waals surface area contributed by atoms with Gasteiger partial charge in [-0.25, -0.2) is 4.39 Å². The first-order chi connectivity index (χ1) is 10.1. The van der Waals surface area contributed by atoms with Gasteiger partial charge in [-0.05, 0) is 57.9 Å². The van der Waals surface area contributed by atoms with E-state index < -0.39 is 0 Å². The molecule has 0 amide bonds. The summed E-state index contributed by atoms with van der Waals surface area (Å²) in [5, 5.41) is 3.84. The zero-order valence-corrected chi connectivity index (χ0v) is 12.9. The van der Waals surface area contributed by atoms with Crippen LogP contribution < -0.4 is 10.5 Å². The number of benzene rings is 2. The van der Waals surface area contributed by atoms with Crippen molar-refractivity contribution < 1.29 is 14.0 Å². The van der Waals surface area contributed by atoms with Gasteiger partial charge in [0.2, 0.25) is 0 Å². The monoisotopic (exact) mass is 352 g/mol. The fourth-order valence-electron chi connectivity index (χ4n) is 1.62. The Labute approximate surface area is 130 Å². The van der Waals surface area contributed by atoms with Crippen LogP contribution in [0.4, 0.5) is 4.39 Å². The average Bonchev–Trinajstić information content (AvgIpc) is 2.51. The van der Waals surface area contributed by atoms with Crippen LogP contribution in [0.2, 0.25) is 0 Å². The highest BCUT2D eigenvalue weighted by Gasteiger charge is 2.02. The smallest absolute Gasteiger partial charge is 0.170 e. The minimum atomic E-state index is -0.319. The number of hydrogen-bond acceptors (Lipinski definition) is 3. The second kappa shape index (κ2) is 7.08. The number of rotatable bonds is 5. The first-order valence-corrected chi connectivity index (χ1v) is 6.93. The van der Waals surface area contributed by atoms with Gasteiger partial charge in [-0.2, -0.15) is 0 Å². The van der Waals surface area contributed by atoms with Crippen LogP contribution in [0.15, 0.2) is 52.1 Å².